The SMILES string of the molecule is CNC(=O)c1ccc(OC2CCC(C)(C)CC2)c(N)c1. The van der Waals surface area contributed by atoms with Gasteiger partial charge in [0, 0.05) is 12.6 Å². The number of hydrogen-bond donors (Lipinski definition) is 2. The molecule has 1 aromatic rings. The van der Waals surface area contributed by atoms with Gasteiger partial charge in [0.15, 0.2) is 0 Å². The summed E-state index contributed by atoms with van der Waals surface area (Å²) in [4.78, 5) is 11.5. The zero-order valence-electron chi connectivity index (χ0n) is 12.5. The van der Waals surface area contributed by atoms with Crippen molar-refractivity contribution in [2.75, 3.05) is 12.8 Å². The molecule has 0 aliphatic heterocycles. The van der Waals surface area contributed by atoms with Crippen molar-refractivity contribution in [2.45, 2.75) is 45.6 Å². The summed E-state index contributed by atoms with van der Waals surface area (Å²) in [6, 6.07) is 5.21. The molecule has 1 amide bonds. The number of anilines is 1. The van der Waals surface area contributed by atoms with Crippen molar-refractivity contribution >= 4 is 11.6 Å². The van der Waals surface area contributed by atoms with Gasteiger partial charge in [0.2, 0.25) is 0 Å². The predicted octanol–water partition coefficient (Wildman–Crippen LogP) is 2.98. The summed E-state index contributed by atoms with van der Waals surface area (Å²) in [5.41, 5.74) is 7.49. The zero-order chi connectivity index (χ0) is 14.8. The second kappa shape index (κ2) is 5.73. The number of benzene rings is 1. The van der Waals surface area contributed by atoms with Gasteiger partial charge in [-0.15, -0.1) is 0 Å². The summed E-state index contributed by atoms with van der Waals surface area (Å²) >= 11 is 0. The first-order chi connectivity index (χ1) is 9.41. The number of ether oxygens (including phenoxy) is 1. The van der Waals surface area contributed by atoms with E-state index < -0.39 is 0 Å². The lowest BCUT2D eigenvalue weighted by molar-refractivity contribution is 0.0961. The first-order valence-electron chi connectivity index (χ1n) is 7.19. The minimum atomic E-state index is -0.136. The molecule has 2 rings (SSSR count). The lowest BCUT2D eigenvalue weighted by Crippen LogP contribution is -2.28. The van der Waals surface area contributed by atoms with Crippen LogP contribution < -0.4 is 15.8 Å². The molecule has 3 N–H and O–H groups in total. The predicted molar refractivity (Wildman–Crippen MR) is 80.9 cm³/mol. The van der Waals surface area contributed by atoms with Crippen LogP contribution in [0.1, 0.15) is 49.9 Å². The van der Waals surface area contributed by atoms with Crippen LogP contribution in [-0.2, 0) is 0 Å². The molecule has 0 bridgehead atoms. The van der Waals surface area contributed by atoms with E-state index in [1.165, 1.54) is 12.8 Å². The van der Waals surface area contributed by atoms with E-state index in [9.17, 15) is 4.79 Å². The standard InChI is InChI=1S/C16H24N2O2/c1-16(2)8-6-12(7-9-16)20-14-5-4-11(10-13(14)17)15(19)18-3/h4-5,10,12H,6-9,17H2,1-3H3,(H,18,19). The highest BCUT2D eigenvalue weighted by Crippen LogP contribution is 2.37. The van der Waals surface area contributed by atoms with Crippen molar-refractivity contribution in [3.8, 4) is 5.75 Å². The Bertz CT molecular complexity index is 487. The average molecular weight is 276 g/mol. The molecule has 4 heteroatoms. The van der Waals surface area contributed by atoms with Crippen molar-refractivity contribution < 1.29 is 9.53 Å². The molecule has 110 valence electrons. The molecule has 0 heterocycles. The van der Waals surface area contributed by atoms with Gasteiger partial charge in [0.25, 0.3) is 5.91 Å². The molecule has 20 heavy (non-hydrogen) atoms. The van der Waals surface area contributed by atoms with Gasteiger partial charge in [0.05, 0.1) is 11.8 Å². The third-order valence-electron chi connectivity index (χ3n) is 4.08. The Morgan fingerprint density at radius 2 is 2.00 bits per heavy atom. The van der Waals surface area contributed by atoms with Gasteiger partial charge in [-0.05, 0) is 49.3 Å². The molecule has 1 saturated carbocycles. The molecule has 0 unspecified atom stereocenters. The quantitative estimate of drug-likeness (QED) is 0.834. The summed E-state index contributed by atoms with van der Waals surface area (Å²) in [5, 5.41) is 2.58. The average Bonchev–Trinajstić information content (AvgIpc) is 2.42. The topological polar surface area (TPSA) is 64.3 Å². The second-order valence-electron chi connectivity index (χ2n) is 6.31. The summed E-state index contributed by atoms with van der Waals surface area (Å²) in [6.07, 6.45) is 4.70. The largest absolute Gasteiger partial charge is 0.488 e. The maximum atomic E-state index is 11.5. The van der Waals surface area contributed by atoms with Gasteiger partial charge in [-0.2, -0.15) is 0 Å². The van der Waals surface area contributed by atoms with Crippen molar-refractivity contribution in [2.24, 2.45) is 5.41 Å². The van der Waals surface area contributed by atoms with Crippen LogP contribution in [0, 0.1) is 5.41 Å². The highest BCUT2D eigenvalue weighted by molar-refractivity contribution is 5.95. The van der Waals surface area contributed by atoms with Crippen LogP contribution in [0.25, 0.3) is 0 Å². The van der Waals surface area contributed by atoms with Crippen molar-refractivity contribution in [3.05, 3.63) is 23.8 Å². The molecule has 1 aromatic carbocycles. The Labute approximate surface area is 120 Å². The van der Waals surface area contributed by atoms with Crippen LogP contribution in [-0.4, -0.2) is 19.1 Å². The maximum absolute atomic E-state index is 11.5. The molecule has 4 nitrogen and oxygen atoms in total. The summed E-state index contributed by atoms with van der Waals surface area (Å²) in [6.45, 7) is 4.60. The van der Waals surface area contributed by atoms with Gasteiger partial charge < -0.3 is 15.8 Å². The van der Waals surface area contributed by atoms with E-state index in [-0.39, 0.29) is 12.0 Å². The van der Waals surface area contributed by atoms with Crippen molar-refractivity contribution in [1.29, 1.82) is 0 Å². The maximum Gasteiger partial charge on any atom is 0.251 e. The molecular weight excluding hydrogens is 252 g/mol. The van der Waals surface area contributed by atoms with Crippen LogP contribution >= 0.6 is 0 Å². The van der Waals surface area contributed by atoms with E-state index in [1.54, 1.807) is 25.2 Å². The van der Waals surface area contributed by atoms with Gasteiger partial charge in [-0.1, -0.05) is 13.8 Å². The van der Waals surface area contributed by atoms with E-state index in [1.807, 2.05) is 0 Å². The molecule has 0 spiro atoms. The first-order valence-corrected chi connectivity index (χ1v) is 7.19. The summed E-state index contributed by atoms with van der Waals surface area (Å²) < 4.78 is 5.99. The van der Waals surface area contributed by atoms with Gasteiger partial charge in [0.1, 0.15) is 5.75 Å². The molecular formula is C16H24N2O2. The Morgan fingerprint density at radius 1 is 1.35 bits per heavy atom. The third kappa shape index (κ3) is 3.44. The molecule has 1 fully saturated rings. The molecule has 0 saturated heterocycles. The number of amides is 1. The van der Waals surface area contributed by atoms with E-state index >= 15 is 0 Å². The number of nitrogen functional groups attached to an aromatic ring is 1. The zero-order valence-corrected chi connectivity index (χ0v) is 12.5. The van der Waals surface area contributed by atoms with Gasteiger partial charge in [-0.3, -0.25) is 4.79 Å². The Hall–Kier alpha value is -1.71. The fourth-order valence-corrected chi connectivity index (χ4v) is 2.61. The van der Waals surface area contributed by atoms with Crippen molar-refractivity contribution in [3.63, 3.8) is 0 Å². The molecule has 1 aliphatic rings. The van der Waals surface area contributed by atoms with E-state index in [0.29, 0.717) is 22.4 Å². The third-order valence-corrected chi connectivity index (χ3v) is 4.08. The number of carbonyl (C=O) groups excluding carboxylic acids is 1. The van der Waals surface area contributed by atoms with E-state index in [4.69, 9.17) is 10.5 Å². The van der Waals surface area contributed by atoms with Gasteiger partial charge in [-0.25, -0.2) is 0 Å². The fourth-order valence-electron chi connectivity index (χ4n) is 2.61. The van der Waals surface area contributed by atoms with Crippen LogP contribution in [0.4, 0.5) is 5.69 Å². The van der Waals surface area contributed by atoms with Crippen LogP contribution in [0.15, 0.2) is 18.2 Å². The molecule has 1 aliphatic carbocycles. The summed E-state index contributed by atoms with van der Waals surface area (Å²) in [7, 11) is 1.60. The summed E-state index contributed by atoms with van der Waals surface area (Å²) in [5.74, 6) is 0.546. The van der Waals surface area contributed by atoms with E-state index in [2.05, 4.69) is 19.2 Å². The number of rotatable bonds is 3. The minimum absolute atomic E-state index is 0.136. The van der Waals surface area contributed by atoms with E-state index in [0.717, 1.165) is 12.8 Å². The van der Waals surface area contributed by atoms with Crippen LogP contribution in [0.2, 0.25) is 0 Å². The Balaban J connectivity index is 2.02. The second-order valence-corrected chi connectivity index (χ2v) is 6.31. The molecule has 0 aromatic heterocycles. The Kier molecular flexibility index (Phi) is 4.21. The van der Waals surface area contributed by atoms with Crippen LogP contribution in [0.3, 0.4) is 0 Å². The number of nitrogens with one attached hydrogen (secondary N) is 1. The van der Waals surface area contributed by atoms with Gasteiger partial charge >= 0.3 is 0 Å². The van der Waals surface area contributed by atoms with Crippen LogP contribution in [0.5, 0.6) is 5.75 Å². The molecule has 0 radical (unpaired) electrons. The number of hydrogen-bond acceptors (Lipinski definition) is 3. The number of nitrogens with two attached hydrogens (primary N) is 1. The van der Waals surface area contributed by atoms with Crippen molar-refractivity contribution in [1.82, 2.24) is 5.32 Å². The molecule has 0 atom stereocenters. The fraction of sp³-hybridized carbons (Fsp3) is 0.562. The normalized spacial score (nSPS) is 18.6. The Morgan fingerprint density at radius 3 is 2.55 bits per heavy atom. The smallest absolute Gasteiger partial charge is 0.251 e. The monoisotopic (exact) mass is 276 g/mol. The highest BCUT2D eigenvalue weighted by atomic mass is 16.5. The lowest BCUT2D eigenvalue weighted by atomic mass is 9.76. The first kappa shape index (κ1) is 14.7. The lowest BCUT2D eigenvalue weighted by Gasteiger charge is -2.34. The minimum Gasteiger partial charge on any atom is -0.488 e. The highest BCUT2D eigenvalue weighted by Gasteiger charge is 2.28. The number of carbonyl (C=O) groups is 1.